The number of nitrogens with zero attached hydrogens (tertiary/aromatic N) is 4. The molecule has 15 heteroatoms. The lowest BCUT2D eigenvalue weighted by atomic mass is 10.0. The predicted octanol–water partition coefficient (Wildman–Crippen LogP) is 0.192. The molecule has 0 radical (unpaired) electrons. The third kappa shape index (κ3) is 6.82. The van der Waals surface area contributed by atoms with E-state index in [1.165, 1.54) is 39.2 Å². The molecule has 0 bridgehead atoms. The van der Waals surface area contributed by atoms with Gasteiger partial charge in [0.15, 0.2) is 11.2 Å². The van der Waals surface area contributed by atoms with E-state index in [0.717, 1.165) is 4.90 Å². The lowest BCUT2D eigenvalue weighted by Gasteiger charge is -2.34. The van der Waals surface area contributed by atoms with Gasteiger partial charge in [-0.1, -0.05) is 0 Å². The van der Waals surface area contributed by atoms with Crippen molar-refractivity contribution in [3.05, 3.63) is 52.1 Å². The molecule has 0 spiro atoms. The molecule has 0 saturated carbocycles. The van der Waals surface area contributed by atoms with E-state index in [1.807, 2.05) is 0 Å². The second-order valence-electron chi connectivity index (χ2n) is 9.14. The fraction of sp³-hybridized carbons (Fsp3) is 0.333. The SMILES string of the molecule is CN(C(=O)[C@H](CCC(=O)O)NC(=O)c1ccc(NCc2cnc3nc(N)[nH]c(=O)c3n2)cc1)C(C)(C)C(=O)O. The zero-order valence-corrected chi connectivity index (χ0v) is 21.4. The van der Waals surface area contributed by atoms with Gasteiger partial charge in [0, 0.05) is 24.7 Å². The minimum atomic E-state index is -1.58. The van der Waals surface area contributed by atoms with Crippen molar-refractivity contribution in [1.82, 2.24) is 30.2 Å². The summed E-state index contributed by atoms with van der Waals surface area (Å²) in [7, 11) is 1.28. The Morgan fingerprint density at radius 2 is 1.79 bits per heavy atom. The Kier molecular flexibility index (Phi) is 8.43. The van der Waals surface area contributed by atoms with Crippen LogP contribution in [0.2, 0.25) is 0 Å². The van der Waals surface area contributed by atoms with Crippen LogP contribution in [0.15, 0.2) is 35.3 Å². The molecular weight excluding hydrogens is 512 g/mol. The van der Waals surface area contributed by atoms with Crippen molar-refractivity contribution in [2.75, 3.05) is 18.1 Å². The van der Waals surface area contributed by atoms with Crippen molar-refractivity contribution in [1.29, 1.82) is 0 Å². The van der Waals surface area contributed by atoms with Crippen LogP contribution in [-0.2, 0) is 20.9 Å². The number of rotatable bonds is 11. The molecular formula is C24H28N8O7. The highest BCUT2D eigenvalue weighted by Crippen LogP contribution is 2.17. The van der Waals surface area contributed by atoms with Crippen LogP contribution in [-0.4, -0.2) is 77.4 Å². The molecule has 0 unspecified atom stereocenters. The lowest BCUT2D eigenvalue weighted by molar-refractivity contribution is -0.156. The van der Waals surface area contributed by atoms with Crippen LogP contribution in [0.4, 0.5) is 11.6 Å². The second-order valence-corrected chi connectivity index (χ2v) is 9.14. The number of aromatic amines is 1. The number of carboxylic acids is 2. The Labute approximate surface area is 221 Å². The topological polar surface area (TPSA) is 234 Å². The van der Waals surface area contributed by atoms with E-state index in [1.54, 1.807) is 12.1 Å². The molecule has 0 aliphatic carbocycles. The highest BCUT2D eigenvalue weighted by atomic mass is 16.4. The van der Waals surface area contributed by atoms with Crippen molar-refractivity contribution >= 4 is 46.6 Å². The molecule has 7 N–H and O–H groups in total. The Hall–Kier alpha value is -5.08. The number of anilines is 2. The molecule has 15 nitrogen and oxygen atoms in total. The summed E-state index contributed by atoms with van der Waals surface area (Å²) in [6, 6.07) is 4.93. The van der Waals surface area contributed by atoms with Gasteiger partial charge in [0.25, 0.3) is 11.5 Å². The molecule has 206 valence electrons. The summed E-state index contributed by atoms with van der Waals surface area (Å²) in [5.74, 6) is -3.86. The molecule has 0 aliphatic heterocycles. The lowest BCUT2D eigenvalue weighted by Crippen LogP contribution is -2.57. The number of likely N-dealkylation sites (N-methyl/N-ethyl adjacent to an activating group) is 1. The van der Waals surface area contributed by atoms with Crippen LogP contribution in [0.1, 0.15) is 42.7 Å². The average Bonchev–Trinajstić information content (AvgIpc) is 2.89. The van der Waals surface area contributed by atoms with Gasteiger partial charge in [0.2, 0.25) is 11.9 Å². The number of H-pyrrole nitrogens is 1. The van der Waals surface area contributed by atoms with Crippen molar-refractivity contribution in [3.8, 4) is 0 Å². The number of carbonyl (C=O) groups is 4. The normalized spacial score (nSPS) is 12.0. The van der Waals surface area contributed by atoms with Gasteiger partial charge in [0.1, 0.15) is 11.6 Å². The van der Waals surface area contributed by atoms with Crippen molar-refractivity contribution < 1.29 is 29.4 Å². The molecule has 3 rings (SSSR count). The van der Waals surface area contributed by atoms with Gasteiger partial charge in [0.05, 0.1) is 18.4 Å². The number of benzene rings is 1. The highest BCUT2D eigenvalue weighted by molar-refractivity contribution is 5.98. The molecule has 2 aromatic heterocycles. The van der Waals surface area contributed by atoms with Crippen molar-refractivity contribution in [2.45, 2.75) is 44.8 Å². The number of carboxylic acid groups (broad SMARTS) is 2. The van der Waals surface area contributed by atoms with E-state index in [0.29, 0.717) is 11.4 Å². The van der Waals surface area contributed by atoms with Crippen LogP contribution in [0.25, 0.3) is 11.2 Å². The second kappa shape index (κ2) is 11.5. The molecule has 0 saturated heterocycles. The summed E-state index contributed by atoms with van der Waals surface area (Å²) < 4.78 is 0. The fourth-order valence-corrected chi connectivity index (χ4v) is 3.41. The molecule has 1 aromatic carbocycles. The number of fused-ring (bicyclic) bond motifs is 1. The van der Waals surface area contributed by atoms with Gasteiger partial charge in [-0.2, -0.15) is 4.98 Å². The standard InChI is InChI=1S/C24H28N8O7/c1-24(2,22(38)39)32(3)21(37)15(8-9-16(33)34)29-19(35)12-4-6-13(7-5-12)26-10-14-11-27-18-17(28-14)20(36)31-23(25)30-18/h4-7,11,15,26H,8-10H2,1-3H3,(H,29,35)(H,33,34)(H,38,39)(H3,25,27,30,31,36)/t15-/m0/s1. The van der Waals surface area contributed by atoms with E-state index in [2.05, 4.69) is 30.6 Å². The third-order valence-corrected chi connectivity index (χ3v) is 6.05. The van der Waals surface area contributed by atoms with Crippen molar-refractivity contribution in [2.24, 2.45) is 0 Å². The highest BCUT2D eigenvalue weighted by Gasteiger charge is 2.38. The monoisotopic (exact) mass is 540 g/mol. The van der Waals surface area contributed by atoms with Gasteiger partial charge < -0.3 is 31.5 Å². The maximum absolute atomic E-state index is 13.0. The first-order valence-electron chi connectivity index (χ1n) is 11.7. The Balaban J connectivity index is 1.68. The number of aromatic nitrogens is 4. The Morgan fingerprint density at radius 1 is 1.13 bits per heavy atom. The first kappa shape index (κ1) is 28.5. The van der Waals surface area contributed by atoms with E-state index in [9.17, 15) is 29.1 Å². The van der Waals surface area contributed by atoms with Crippen molar-refractivity contribution in [3.63, 3.8) is 0 Å². The van der Waals surface area contributed by atoms with Gasteiger partial charge in [-0.05, 0) is 44.5 Å². The summed E-state index contributed by atoms with van der Waals surface area (Å²) in [5.41, 5.74) is 4.82. The summed E-state index contributed by atoms with van der Waals surface area (Å²) in [6.07, 6.45) is 0.811. The smallest absolute Gasteiger partial charge is 0.329 e. The zero-order chi connectivity index (χ0) is 28.9. The molecule has 0 fully saturated rings. The third-order valence-electron chi connectivity index (χ3n) is 6.05. The molecule has 2 amide bonds. The van der Waals surface area contributed by atoms with Crippen LogP contribution >= 0.6 is 0 Å². The summed E-state index contributed by atoms with van der Waals surface area (Å²) in [6.45, 7) is 2.85. The largest absolute Gasteiger partial charge is 0.481 e. The molecule has 3 aromatic rings. The quantitative estimate of drug-likeness (QED) is 0.191. The fourth-order valence-electron chi connectivity index (χ4n) is 3.41. The number of hydrogen-bond donors (Lipinski definition) is 6. The summed E-state index contributed by atoms with van der Waals surface area (Å²) in [5, 5.41) is 24.1. The zero-order valence-electron chi connectivity index (χ0n) is 21.4. The van der Waals surface area contributed by atoms with Gasteiger partial charge in [-0.15, -0.1) is 0 Å². The molecule has 2 heterocycles. The number of hydrogen-bond acceptors (Lipinski definition) is 10. The number of nitrogens with two attached hydrogens (primary N) is 1. The van der Waals surface area contributed by atoms with Crippen LogP contribution < -0.4 is 21.9 Å². The van der Waals surface area contributed by atoms with E-state index in [-0.39, 0.29) is 35.6 Å². The maximum Gasteiger partial charge on any atom is 0.329 e. The van der Waals surface area contributed by atoms with E-state index in [4.69, 9.17) is 10.8 Å². The number of nitrogens with one attached hydrogen (secondary N) is 3. The van der Waals surface area contributed by atoms with Gasteiger partial charge in [-0.3, -0.25) is 24.2 Å². The van der Waals surface area contributed by atoms with Crippen LogP contribution in [0.3, 0.4) is 0 Å². The average molecular weight is 541 g/mol. The Morgan fingerprint density at radius 3 is 2.41 bits per heavy atom. The molecule has 0 aliphatic rings. The summed E-state index contributed by atoms with van der Waals surface area (Å²) >= 11 is 0. The predicted molar refractivity (Wildman–Crippen MR) is 139 cm³/mol. The number of carbonyl (C=O) groups excluding carboxylic acids is 2. The minimum Gasteiger partial charge on any atom is -0.481 e. The van der Waals surface area contributed by atoms with Crippen LogP contribution in [0, 0.1) is 0 Å². The van der Waals surface area contributed by atoms with Crippen LogP contribution in [0.5, 0.6) is 0 Å². The first-order chi connectivity index (χ1) is 18.3. The Bertz CT molecular complexity index is 1470. The molecule has 1 atom stereocenters. The first-order valence-corrected chi connectivity index (χ1v) is 11.7. The number of aliphatic carboxylic acids is 2. The number of nitrogen functional groups attached to an aromatic ring is 1. The maximum atomic E-state index is 13.0. The molecule has 39 heavy (non-hydrogen) atoms. The summed E-state index contributed by atoms with van der Waals surface area (Å²) in [4.78, 5) is 76.0. The van der Waals surface area contributed by atoms with Gasteiger partial charge >= 0.3 is 11.9 Å². The number of amides is 2. The minimum absolute atomic E-state index is 0.0416. The van der Waals surface area contributed by atoms with E-state index >= 15 is 0 Å². The van der Waals surface area contributed by atoms with Gasteiger partial charge in [-0.25, -0.2) is 14.8 Å². The van der Waals surface area contributed by atoms with E-state index < -0.39 is 47.3 Å².